The summed E-state index contributed by atoms with van der Waals surface area (Å²) in [5.41, 5.74) is 14.5. The van der Waals surface area contributed by atoms with Crippen molar-refractivity contribution in [3.8, 4) is 22.5 Å². The van der Waals surface area contributed by atoms with Crippen LogP contribution in [0.15, 0.2) is 84.7 Å². The fraction of sp³-hybridized carbons (Fsp3) is 0.391. The van der Waals surface area contributed by atoms with Gasteiger partial charge in [-0.3, -0.25) is 0 Å². The predicted octanol–water partition coefficient (Wildman–Crippen LogP) is 10.7. The van der Waals surface area contributed by atoms with Gasteiger partial charge in [-0.1, -0.05) is 88.6 Å². The van der Waals surface area contributed by atoms with E-state index in [4.69, 9.17) is 0 Å². The SMILES string of the molecule is CCCCc1cc2c3c([n+](CCC)ccc3c1)-c1c(C3(CC)C=C(Cc4ccc(C)cc4-c4cc(C)cc[n+]4C)C3)ccc(F)c1C2(C)C. The lowest BCUT2D eigenvalue weighted by molar-refractivity contribution is -0.685. The molecule has 0 aliphatic heterocycles. The summed E-state index contributed by atoms with van der Waals surface area (Å²) in [4.78, 5) is 0. The average molecular weight is 653 g/mol. The maximum absolute atomic E-state index is 16.5. The minimum Gasteiger partial charge on any atom is -0.207 e. The first-order chi connectivity index (χ1) is 23.5. The van der Waals surface area contributed by atoms with Crippen LogP contribution in [0.1, 0.15) is 106 Å². The normalized spacial score (nSPS) is 17.5. The molecule has 3 heteroatoms. The van der Waals surface area contributed by atoms with Crippen LogP contribution in [0.2, 0.25) is 0 Å². The largest absolute Gasteiger partial charge is 0.221 e. The van der Waals surface area contributed by atoms with Gasteiger partial charge in [0, 0.05) is 46.6 Å². The van der Waals surface area contributed by atoms with Gasteiger partial charge in [-0.15, -0.1) is 0 Å². The number of allylic oxidation sites excluding steroid dienone is 2. The zero-order valence-electron chi connectivity index (χ0n) is 30.9. The van der Waals surface area contributed by atoms with E-state index < -0.39 is 5.41 Å². The van der Waals surface area contributed by atoms with Gasteiger partial charge in [0.2, 0.25) is 11.4 Å². The highest BCUT2D eigenvalue weighted by molar-refractivity contribution is 6.01. The van der Waals surface area contributed by atoms with E-state index in [9.17, 15) is 0 Å². The van der Waals surface area contributed by atoms with Crippen molar-refractivity contribution >= 4 is 10.8 Å². The molecule has 252 valence electrons. The van der Waals surface area contributed by atoms with E-state index in [0.717, 1.165) is 56.2 Å². The minimum absolute atomic E-state index is 0.0847. The summed E-state index contributed by atoms with van der Waals surface area (Å²) in [5.74, 6) is -0.0847. The highest BCUT2D eigenvalue weighted by Gasteiger charge is 2.47. The van der Waals surface area contributed by atoms with Crippen molar-refractivity contribution in [1.82, 2.24) is 0 Å². The number of fused-ring (bicyclic) bond motifs is 2. The Morgan fingerprint density at radius 3 is 2.35 bits per heavy atom. The molecule has 0 spiro atoms. The summed E-state index contributed by atoms with van der Waals surface area (Å²) in [6.45, 7) is 16.6. The summed E-state index contributed by atoms with van der Waals surface area (Å²) in [5, 5.41) is 2.59. The Morgan fingerprint density at radius 1 is 0.837 bits per heavy atom. The predicted molar refractivity (Wildman–Crippen MR) is 201 cm³/mol. The molecule has 0 saturated heterocycles. The van der Waals surface area contributed by atoms with Gasteiger partial charge in [-0.2, -0.15) is 4.57 Å². The number of aromatic nitrogens is 2. The van der Waals surface area contributed by atoms with Crippen LogP contribution in [-0.2, 0) is 37.3 Å². The van der Waals surface area contributed by atoms with Crippen molar-refractivity contribution in [2.24, 2.45) is 7.05 Å². The minimum atomic E-state index is -0.459. The van der Waals surface area contributed by atoms with Crippen LogP contribution in [0.25, 0.3) is 33.3 Å². The second-order valence-electron chi connectivity index (χ2n) is 15.6. The van der Waals surface area contributed by atoms with Crippen molar-refractivity contribution < 1.29 is 13.5 Å². The van der Waals surface area contributed by atoms with Crippen LogP contribution in [-0.4, -0.2) is 0 Å². The smallest absolute Gasteiger partial charge is 0.207 e. The van der Waals surface area contributed by atoms with Crippen LogP contribution >= 0.6 is 0 Å². The molecule has 2 aromatic heterocycles. The van der Waals surface area contributed by atoms with Gasteiger partial charge in [-0.05, 0) is 91.3 Å². The van der Waals surface area contributed by atoms with Gasteiger partial charge in [0.15, 0.2) is 12.4 Å². The Kier molecular flexibility index (Phi) is 8.62. The van der Waals surface area contributed by atoms with Crippen molar-refractivity contribution in [2.45, 2.75) is 111 Å². The summed E-state index contributed by atoms with van der Waals surface area (Å²) < 4.78 is 21.2. The molecule has 1 atom stereocenters. The molecule has 7 rings (SSSR count). The quantitative estimate of drug-likeness (QED) is 0.105. The first-order valence-electron chi connectivity index (χ1n) is 18.6. The highest BCUT2D eigenvalue weighted by Crippen LogP contribution is 2.55. The van der Waals surface area contributed by atoms with Crippen LogP contribution in [0, 0.1) is 19.7 Å². The molecule has 2 aliphatic rings. The number of pyridine rings is 2. The van der Waals surface area contributed by atoms with Crippen molar-refractivity contribution in [1.29, 1.82) is 0 Å². The standard InChI is InChI=1S/C46H53FN2/c1-9-12-13-32-25-35-19-22-49(20-10-2)44-41(35)38(27-32)45(6,7)43-39(47)17-16-37(42(43)44)46(11-3)28-33(29-46)26-34-15-14-30(4)23-36(34)40-24-31(5)18-21-48(40)8/h14-19,21-25,27-28H,9-13,20,26,29H2,1-8H3/q+2. The Labute approximate surface area is 293 Å². The second-order valence-corrected chi connectivity index (χ2v) is 15.6. The molecule has 0 radical (unpaired) electrons. The Balaban J connectivity index is 1.39. The number of nitrogens with zero attached hydrogens (tertiary/aromatic N) is 2. The third-order valence-corrected chi connectivity index (χ3v) is 11.6. The summed E-state index contributed by atoms with van der Waals surface area (Å²) >= 11 is 0. The molecule has 0 fully saturated rings. The molecule has 1 unspecified atom stereocenters. The molecule has 2 aliphatic carbocycles. The molecular formula is C46H53FN2+2. The fourth-order valence-electron chi connectivity index (χ4n) is 8.95. The fourth-order valence-corrected chi connectivity index (χ4v) is 8.95. The maximum atomic E-state index is 16.5. The molecule has 49 heavy (non-hydrogen) atoms. The first kappa shape index (κ1) is 33.4. The molecular weight excluding hydrogens is 600 g/mol. The number of benzene rings is 3. The molecule has 2 heterocycles. The zero-order chi connectivity index (χ0) is 34.7. The number of rotatable bonds is 10. The summed E-state index contributed by atoms with van der Waals surface area (Å²) in [6.07, 6.45) is 14.3. The Morgan fingerprint density at radius 2 is 1.61 bits per heavy atom. The number of halogens is 1. The van der Waals surface area contributed by atoms with Crippen LogP contribution in [0.3, 0.4) is 0 Å². The van der Waals surface area contributed by atoms with E-state index in [0.29, 0.717) is 0 Å². The van der Waals surface area contributed by atoms with Gasteiger partial charge in [-0.25, -0.2) is 8.96 Å². The molecule has 0 saturated carbocycles. The lowest BCUT2D eigenvalue weighted by Crippen LogP contribution is -2.41. The highest BCUT2D eigenvalue weighted by atomic mass is 19.1. The van der Waals surface area contributed by atoms with E-state index in [1.54, 1.807) is 6.07 Å². The lowest BCUT2D eigenvalue weighted by atomic mass is 9.59. The van der Waals surface area contributed by atoms with E-state index in [1.165, 1.54) is 73.1 Å². The van der Waals surface area contributed by atoms with Crippen molar-refractivity contribution in [3.63, 3.8) is 0 Å². The molecule has 0 amide bonds. The topological polar surface area (TPSA) is 7.76 Å². The molecule has 2 nitrogen and oxygen atoms in total. The third kappa shape index (κ3) is 5.54. The number of hydrogen-bond acceptors (Lipinski definition) is 0. The van der Waals surface area contributed by atoms with Crippen LogP contribution in [0.5, 0.6) is 0 Å². The Hall–Kier alpha value is -4.11. The van der Waals surface area contributed by atoms with E-state index in [2.05, 4.69) is 138 Å². The van der Waals surface area contributed by atoms with Gasteiger partial charge in [0.05, 0.1) is 10.9 Å². The van der Waals surface area contributed by atoms with Gasteiger partial charge in [0.25, 0.3) is 0 Å². The number of unbranched alkanes of at least 4 members (excludes halogenated alkanes) is 1. The van der Waals surface area contributed by atoms with Gasteiger partial charge >= 0.3 is 0 Å². The monoisotopic (exact) mass is 652 g/mol. The average Bonchev–Trinajstić information content (AvgIpc) is 3.06. The Bertz CT molecular complexity index is 2130. The van der Waals surface area contributed by atoms with Gasteiger partial charge < -0.3 is 0 Å². The summed E-state index contributed by atoms with van der Waals surface area (Å²) in [6, 6.07) is 22.4. The number of aryl methyl sites for hydroxylation is 5. The molecule has 3 aromatic carbocycles. The van der Waals surface area contributed by atoms with Crippen molar-refractivity contribution in [2.75, 3.05) is 0 Å². The maximum Gasteiger partial charge on any atom is 0.221 e. The van der Waals surface area contributed by atoms with Crippen LogP contribution in [0.4, 0.5) is 4.39 Å². The van der Waals surface area contributed by atoms with E-state index in [1.807, 2.05) is 0 Å². The second kappa shape index (κ2) is 12.7. The molecule has 0 bridgehead atoms. The van der Waals surface area contributed by atoms with E-state index in [-0.39, 0.29) is 11.2 Å². The summed E-state index contributed by atoms with van der Waals surface area (Å²) in [7, 11) is 2.14. The third-order valence-electron chi connectivity index (χ3n) is 11.6. The first-order valence-corrected chi connectivity index (χ1v) is 18.6. The zero-order valence-corrected chi connectivity index (χ0v) is 30.9. The lowest BCUT2D eigenvalue weighted by Gasteiger charge is -2.44. The molecule has 0 N–H and O–H groups in total. The van der Waals surface area contributed by atoms with Crippen molar-refractivity contribution in [3.05, 3.63) is 129 Å². The van der Waals surface area contributed by atoms with Gasteiger partial charge in [0.1, 0.15) is 19.4 Å². The van der Waals surface area contributed by atoms with E-state index >= 15 is 4.39 Å². The molecule has 5 aromatic rings. The van der Waals surface area contributed by atoms with Crippen LogP contribution < -0.4 is 9.13 Å². The number of hydrogen-bond donors (Lipinski definition) is 0.